The summed E-state index contributed by atoms with van der Waals surface area (Å²) in [6, 6.07) is 23.0. The van der Waals surface area contributed by atoms with Gasteiger partial charge in [-0.15, -0.1) is 0 Å². The molecule has 4 aromatic carbocycles. The van der Waals surface area contributed by atoms with E-state index in [2.05, 4.69) is 63.6 Å². The summed E-state index contributed by atoms with van der Waals surface area (Å²) in [5, 5.41) is 7.31. The van der Waals surface area contributed by atoms with Crippen molar-refractivity contribution < 1.29 is 19.1 Å². The smallest absolute Gasteiger partial charge is 0.343 e. The number of anilines is 1. The van der Waals surface area contributed by atoms with Gasteiger partial charge in [0, 0.05) is 36.3 Å². The second-order valence-electron chi connectivity index (χ2n) is 7.94. The lowest BCUT2D eigenvalue weighted by molar-refractivity contribution is 0.0732. The van der Waals surface area contributed by atoms with Crippen LogP contribution in [0.1, 0.15) is 36.6 Å². The molecule has 0 spiro atoms. The van der Waals surface area contributed by atoms with Gasteiger partial charge in [-0.25, -0.2) is 10.2 Å². The summed E-state index contributed by atoms with van der Waals surface area (Å²) in [5.74, 6) is -1.17. The van der Waals surface area contributed by atoms with E-state index in [0.29, 0.717) is 36.3 Å². The molecule has 39 heavy (non-hydrogen) atoms. The van der Waals surface area contributed by atoms with E-state index >= 15 is 0 Å². The van der Waals surface area contributed by atoms with Gasteiger partial charge in [0.15, 0.2) is 5.75 Å². The molecule has 0 aliphatic heterocycles. The second kappa shape index (κ2) is 13.2. The third-order valence-corrected chi connectivity index (χ3v) is 7.00. The number of rotatable bonds is 7. The number of amides is 2. The summed E-state index contributed by atoms with van der Waals surface area (Å²) < 4.78 is 7.67. The minimum absolute atomic E-state index is 0.232. The van der Waals surface area contributed by atoms with Crippen molar-refractivity contribution in [3.05, 3.63) is 126 Å². The number of ether oxygens (including phenoxy) is 1. The number of benzene rings is 4. The minimum atomic E-state index is -0.554. The Morgan fingerprint density at radius 1 is 0.769 bits per heavy atom. The Morgan fingerprint density at radius 3 is 2.18 bits per heavy atom. The van der Waals surface area contributed by atoms with Crippen molar-refractivity contribution in [2.24, 2.45) is 5.10 Å². The Bertz CT molecular complexity index is 1580. The van der Waals surface area contributed by atoms with Gasteiger partial charge < -0.3 is 10.1 Å². The van der Waals surface area contributed by atoms with Crippen LogP contribution < -0.4 is 15.5 Å². The number of hydrazone groups is 1. The normalized spacial score (nSPS) is 10.8. The van der Waals surface area contributed by atoms with Crippen LogP contribution in [0.15, 0.2) is 103 Å². The summed E-state index contributed by atoms with van der Waals surface area (Å²) in [7, 11) is 0. The molecule has 4 aromatic rings. The lowest BCUT2D eigenvalue weighted by Gasteiger charge is -2.11. The highest BCUT2D eigenvalue weighted by Crippen LogP contribution is 2.33. The Kier molecular flexibility index (Phi) is 9.68. The van der Waals surface area contributed by atoms with E-state index in [1.54, 1.807) is 78.9 Å². The average Bonchev–Trinajstić information content (AvgIpc) is 2.91. The van der Waals surface area contributed by atoms with Crippen molar-refractivity contribution in [1.82, 2.24) is 5.43 Å². The van der Waals surface area contributed by atoms with Crippen LogP contribution in [-0.4, -0.2) is 24.0 Å². The molecular weight excluding hydrogens is 717 g/mol. The number of hydrogen-bond acceptors (Lipinski definition) is 5. The van der Waals surface area contributed by atoms with E-state index in [9.17, 15) is 14.4 Å². The number of carbonyl (C=O) groups is 3. The zero-order valence-electron chi connectivity index (χ0n) is 19.8. The van der Waals surface area contributed by atoms with Crippen LogP contribution in [0.2, 0.25) is 5.02 Å². The molecule has 0 heterocycles. The van der Waals surface area contributed by atoms with Gasteiger partial charge >= 0.3 is 5.97 Å². The van der Waals surface area contributed by atoms with Gasteiger partial charge in [0.25, 0.3) is 11.8 Å². The van der Waals surface area contributed by atoms with Crippen LogP contribution >= 0.6 is 59.4 Å². The molecule has 0 radical (unpaired) electrons. The van der Waals surface area contributed by atoms with Crippen LogP contribution in [0.25, 0.3) is 0 Å². The zero-order chi connectivity index (χ0) is 27.9. The van der Waals surface area contributed by atoms with E-state index in [4.69, 9.17) is 16.3 Å². The first kappa shape index (κ1) is 28.7. The lowest BCUT2D eigenvalue weighted by atomic mass is 10.1. The van der Waals surface area contributed by atoms with Crippen LogP contribution in [0.4, 0.5) is 5.69 Å². The Hall–Kier alpha value is -3.31. The Balaban J connectivity index is 1.45. The summed E-state index contributed by atoms with van der Waals surface area (Å²) in [6.45, 7) is 0. The Labute approximate surface area is 254 Å². The van der Waals surface area contributed by atoms with Gasteiger partial charge in [-0.1, -0.05) is 49.5 Å². The molecule has 0 aliphatic carbocycles. The molecule has 0 atom stereocenters. The van der Waals surface area contributed by atoms with Gasteiger partial charge in [0.2, 0.25) is 0 Å². The van der Waals surface area contributed by atoms with Crippen LogP contribution in [-0.2, 0) is 0 Å². The van der Waals surface area contributed by atoms with E-state index in [-0.39, 0.29) is 17.2 Å². The van der Waals surface area contributed by atoms with Gasteiger partial charge in [-0.05, 0) is 94.8 Å². The topological polar surface area (TPSA) is 96.9 Å². The fourth-order valence-corrected chi connectivity index (χ4v) is 5.02. The predicted octanol–water partition coefficient (Wildman–Crippen LogP) is 7.86. The summed E-state index contributed by atoms with van der Waals surface area (Å²) >= 11 is 16.0. The molecule has 11 heteroatoms. The SMILES string of the molecule is O=C(NN=Cc1cc(Br)cc(Br)c1OC(=O)c1ccc(Br)cc1)c1cccc(NC(=O)c2ccc(Cl)cc2)c1. The molecule has 0 aliphatic rings. The molecule has 2 amide bonds. The van der Waals surface area contributed by atoms with Crippen LogP contribution in [0, 0.1) is 0 Å². The first-order chi connectivity index (χ1) is 18.7. The van der Waals surface area contributed by atoms with Crippen molar-refractivity contribution in [2.45, 2.75) is 0 Å². The number of nitrogens with zero attached hydrogens (tertiary/aromatic N) is 1. The highest BCUT2D eigenvalue weighted by Gasteiger charge is 2.16. The quantitative estimate of drug-likeness (QED) is 0.0875. The van der Waals surface area contributed by atoms with Gasteiger partial charge in [0.1, 0.15) is 0 Å². The molecule has 4 rings (SSSR count). The lowest BCUT2D eigenvalue weighted by Crippen LogP contribution is -2.18. The van der Waals surface area contributed by atoms with Crippen molar-refractivity contribution >= 4 is 89.1 Å². The zero-order valence-corrected chi connectivity index (χ0v) is 25.3. The highest BCUT2D eigenvalue weighted by atomic mass is 79.9. The molecule has 7 nitrogen and oxygen atoms in total. The van der Waals surface area contributed by atoms with Crippen LogP contribution in [0.5, 0.6) is 5.75 Å². The molecule has 196 valence electrons. The molecule has 0 fully saturated rings. The maximum absolute atomic E-state index is 12.7. The Morgan fingerprint density at radius 2 is 1.46 bits per heavy atom. The van der Waals surface area contributed by atoms with Gasteiger partial charge in [-0.3, -0.25) is 9.59 Å². The van der Waals surface area contributed by atoms with E-state index in [1.165, 1.54) is 12.3 Å². The summed E-state index contributed by atoms with van der Waals surface area (Å²) in [4.78, 5) is 37.9. The molecular formula is C28H17Br3ClN3O4. The van der Waals surface area contributed by atoms with Crippen molar-refractivity contribution in [1.29, 1.82) is 0 Å². The van der Waals surface area contributed by atoms with Crippen molar-refractivity contribution in [3.8, 4) is 5.75 Å². The van der Waals surface area contributed by atoms with E-state index < -0.39 is 11.9 Å². The molecule has 2 N–H and O–H groups in total. The largest absolute Gasteiger partial charge is 0.421 e. The molecule has 0 saturated heterocycles. The van der Waals surface area contributed by atoms with Crippen molar-refractivity contribution in [2.75, 3.05) is 5.32 Å². The van der Waals surface area contributed by atoms with Gasteiger partial charge in [-0.2, -0.15) is 5.10 Å². The second-order valence-corrected chi connectivity index (χ2v) is 11.1. The fraction of sp³-hybridized carbons (Fsp3) is 0. The molecule has 0 unspecified atom stereocenters. The minimum Gasteiger partial charge on any atom is -0.421 e. The fourth-order valence-electron chi connectivity index (χ4n) is 3.29. The summed E-state index contributed by atoms with van der Waals surface area (Å²) in [6.07, 6.45) is 1.36. The highest BCUT2D eigenvalue weighted by molar-refractivity contribution is 9.11. The average molecular weight is 735 g/mol. The standard InChI is InChI=1S/C28H17Br3ClN3O4/c29-20-8-4-17(5-9-20)28(38)39-25-19(12-21(30)14-24(25)31)15-33-35-27(37)18-2-1-3-23(13-18)34-26(36)16-6-10-22(32)11-7-16/h1-15H,(H,34,36)(H,35,37). The number of carbonyl (C=O) groups excluding carboxylic acids is 3. The first-order valence-electron chi connectivity index (χ1n) is 11.2. The van der Waals surface area contributed by atoms with Gasteiger partial charge in [0.05, 0.1) is 16.3 Å². The van der Waals surface area contributed by atoms with E-state index in [0.717, 1.165) is 4.47 Å². The molecule has 0 bridgehead atoms. The first-order valence-corrected chi connectivity index (χ1v) is 13.9. The maximum Gasteiger partial charge on any atom is 0.343 e. The van der Waals surface area contributed by atoms with Crippen LogP contribution in [0.3, 0.4) is 0 Å². The maximum atomic E-state index is 12.7. The third kappa shape index (κ3) is 7.86. The summed E-state index contributed by atoms with van der Waals surface area (Å²) in [5.41, 5.74) is 4.39. The number of nitrogens with one attached hydrogen (secondary N) is 2. The predicted molar refractivity (Wildman–Crippen MR) is 162 cm³/mol. The third-order valence-electron chi connectivity index (χ3n) is 5.17. The number of esters is 1. The number of hydrogen-bond donors (Lipinski definition) is 2. The monoisotopic (exact) mass is 731 g/mol. The van der Waals surface area contributed by atoms with E-state index in [1.807, 2.05) is 0 Å². The molecule has 0 aromatic heterocycles. The van der Waals surface area contributed by atoms with Crippen molar-refractivity contribution in [3.63, 3.8) is 0 Å². The molecule has 0 saturated carbocycles. The number of halogens is 4.